The fraction of sp³-hybridized carbons (Fsp3) is 0.150. The van der Waals surface area contributed by atoms with Crippen molar-refractivity contribution in [2.24, 2.45) is 0 Å². The number of nitrogens with two attached hydrogens (primary N) is 1. The van der Waals surface area contributed by atoms with Crippen LogP contribution in [0.1, 0.15) is 32.5 Å². The van der Waals surface area contributed by atoms with Crippen molar-refractivity contribution in [1.82, 2.24) is 10.3 Å². The number of amides is 2. The zero-order valence-electron chi connectivity index (χ0n) is 16.3. The number of carbonyl (C=O) groups excluding carboxylic acids is 2. The van der Waals surface area contributed by atoms with Gasteiger partial charge in [-0.25, -0.2) is 4.98 Å². The highest BCUT2D eigenvalue weighted by molar-refractivity contribution is 7.16. The molecular formula is C20H18ClN5O4S. The van der Waals surface area contributed by atoms with Gasteiger partial charge in [0.2, 0.25) is 6.54 Å². The van der Waals surface area contributed by atoms with Crippen molar-refractivity contribution >= 4 is 46.3 Å². The number of nitrogen functional groups attached to an aromatic ring is 1. The first-order valence-electron chi connectivity index (χ1n) is 9.14. The highest BCUT2D eigenvalue weighted by atomic mass is 35.5. The third kappa shape index (κ3) is 5.16. The molecule has 4 N–H and O–H groups in total. The Kier molecular flexibility index (Phi) is 6.83. The number of hydrogen-bond donors (Lipinski definition) is 3. The second kappa shape index (κ2) is 9.54. The fourth-order valence-electron chi connectivity index (χ4n) is 2.93. The minimum Gasteiger partial charge on any atom is -0.384 e. The highest BCUT2D eigenvalue weighted by Crippen LogP contribution is 2.38. The average Bonchev–Trinajstić information content (AvgIpc) is 3.08. The van der Waals surface area contributed by atoms with Crippen LogP contribution >= 0.6 is 22.9 Å². The molecule has 0 aliphatic carbocycles. The van der Waals surface area contributed by atoms with Crippen molar-refractivity contribution in [3.05, 3.63) is 73.7 Å². The van der Waals surface area contributed by atoms with Crippen molar-refractivity contribution in [3.8, 4) is 10.4 Å². The first kappa shape index (κ1) is 22.2. The van der Waals surface area contributed by atoms with E-state index in [0.717, 1.165) is 11.3 Å². The molecule has 0 unspecified atom stereocenters. The molecule has 9 nitrogen and oxygen atoms in total. The predicted octanol–water partition coefficient (Wildman–Crippen LogP) is 3.82. The molecule has 0 saturated carbocycles. The molecular weight excluding hydrogens is 442 g/mol. The van der Waals surface area contributed by atoms with Crippen LogP contribution in [0.5, 0.6) is 0 Å². The number of hydrogen-bond acceptors (Lipinski definition) is 7. The molecule has 11 heteroatoms. The van der Waals surface area contributed by atoms with Gasteiger partial charge in [-0.2, -0.15) is 0 Å². The number of aromatic nitrogens is 1. The van der Waals surface area contributed by atoms with Gasteiger partial charge in [0.1, 0.15) is 5.82 Å². The maximum Gasteiger partial charge on any atom is 0.257 e. The van der Waals surface area contributed by atoms with Crippen LogP contribution in [0.3, 0.4) is 0 Å². The van der Waals surface area contributed by atoms with Gasteiger partial charge in [0.05, 0.1) is 16.0 Å². The summed E-state index contributed by atoms with van der Waals surface area (Å²) >= 11 is 6.90. The molecule has 0 spiro atoms. The minimum atomic E-state index is -0.598. The molecule has 31 heavy (non-hydrogen) atoms. The summed E-state index contributed by atoms with van der Waals surface area (Å²) in [6.07, 6.45) is 1.46. The van der Waals surface area contributed by atoms with Gasteiger partial charge in [0.25, 0.3) is 11.8 Å². The number of thiophene rings is 1. The van der Waals surface area contributed by atoms with E-state index in [9.17, 15) is 19.7 Å². The molecule has 0 saturated heterocycles. The Hall–Kier alpha value is -3.50. The maximum absolute atomic E-state index is 13.3. The summed E-state index contributed by atoms with van der Waals surface area (Å²) in [6, 6.07) is 9.61. The molecule has 0 atom stereocenters. The molecule has 0 aliphatic heterocycles. The maximum atomic E-state index is 13.3. The molecule has 0 fully saturated rings. The minimum absolute atomic E-state index is 0.0274. The zero-order chi connectivity index (χ0) is 22.5. The molecule has 1 aromatic carbocycles. The van der Waals surface area contributed by atoms with Crippen LogP contribution in [0.2, 0.25) is 5.02 Å². The number of benzene rings is 1. The van der Waals surface area contributed by atoms with E-state index < -0.39 is 23.3 Å². The fourth-order valence-corrected chi connectivity index (χ4v) is 4.31. The van der Waals surface area contributed by atoms with Gasteiger partial charge in [-0.15, -0.1) is 11.3 Å². The number of pyridine rings is 1. The topological polar surface area (TPSA) is 140 Å². The van der Waals surface area contributed by atoms with Gasteiger partial charge in [-0.1, -0.05) is 11.6 Å². The van der Waals surface area contributed by atoms with Gasteiger partial charge in [-0.3, -0.25) is 19.7 Å². The van der Waals surface area contributed by atoms with Crippen LogP contribution in [0, 0.1) is 10.1 Å². The van der Waals surface area contributed by atoms with Crippen molar-refractivity contribution in [2.75, 3.05) is 17.6 Å². The third-order valence-electron chi connectivity index (χ3n) is 4.19. The second-order valence-electron chi connectivity index (χ2n) is 6.39. The summed E-state index contributed by atoms with van der Waals surface area (Å²) < 4.78 is 0. The van der Waals surface area contributed by atoms with Crippen LogP contribution in [-0.4, -0.2) is 28.3 Å². The molecule has 0 aliphatic rings. The number of nitro groups is 1. The van der Waals surface area contributed by atoms with Gasteiger partial charge >= 0.3 is 0 Å². The van der Waals surface area contributed by atoms with Gasteiger partial charge in [0, 0.05) is 33.3 Å². The lowest BCUT2D eigenvalue weighted by atomic mass is 10.0. The highest BCUT2D eigenvalue weighted by Gasteiger charge is 2.30. The SMILES string of the molecule is CCNC(=O)c1c(C[N+](=O)[O-])sc(-c2ccnc(N)c2)c1C(=O)Nc1ccc(Cl)cc1. The van der Waals surface area contributed by atoms with Crippen LogP contribution in [0.15, 0.2) is 42.6 Å². The molecule has 2 heterocycles. The van der Waals surface area contributed by atoms with Gasteiger partial charge in [0.15, 0.2) is 0 Å². The Labute approximate surface area is 186 Å². The summed E-state index contributed by atoms with van der Waals surface area (Å²) in [4.78, 5) is 41.3. The lowest BCUT2D eigenvalue weighted by Gasteiger charge is -2.10. The van der Waals surface area contributed by atoms with E-state index in [2.05, 4.69) is 15.6 Å². The summed E-state index contributed by atoms with van der Waals surface area (Å²) in [5.41, 5.74) is 6.78. The quantitative estimate of drug-likeness (QED) is 0.362. The Morgan fingerprint density at radius 3 is 2.52 bits per heavy atom. The number of rotatable bonds is 7. The predicted molar refractivity (Wildman–Crippen MR) is 120 cm³/mol. The van der Waals surface area contributed by atoms with Crippen LogP contribution in [0.4, 0.5) is 11.5 Å². The monoisotopic (exact) mass is 459 g/mol. The molecule has 0 radical (unpaired) electrons. The van der Waals surface area contributed by atoms with Crippen molar-refractivity contribution in [3.63, 3.8) is 0 Å². The van der Waals surface area contributed by atoms with Crippen molar-refractivity contribution < 1.29 is 14.5 Å². The lowest BCUT2D eigenvalue weighted by Crippen LogP contribution is -2.27. The van der Waals surface area contributed by atoms with E-state index in [1.165, 1.54) is 6.20 Å². The summed E-state index contributed by atoms with van der Waals surface area (Å²) in [5.74, 6) is -0.935. The molecule has 0 bridgehead atoms. The van der Waals surface area contributed by atoms with Crippen LogP contribution < -0.4 is 16.4 Å². The van der Waals surface area contributed by atoms with Crippen LogP contribution in [0.25, 0.3) is 10.4 Å². The van der Waals surface area contributed by atoms with Gasteiger partial charge < -0.3 is 16.4 Å². The number of nitrogens with zero attached hydrogens (tertiary/aromatic N) is 2. The summed E-state index contributed by atoms with van der Waals surface area (Å²) in [7, 11) is 0. The van der Waals surface area contributed by atoms with E-state index in [4.69, 9.17) is 17.3 Å². The van der Waals surface area contributed by atoms with Gasteiger partial charge in [-0.05, 0) is 48.9 Å². The first-order valence-corrected chi connectivity index (χ1v) is 10.3. The lowest BCUT2D eigenvalue weighted by molar-refractivity contribution is -0.496. The molecule has 2 amide bonds. The molecule has 160 valence electrons. The smallest absolute Gasteiger partial charge is 0.257 e. The van der Waals surface area contributed by atoms with Crippen LogP contribution in [-0.2, 0) is 6.54 Å². The Morgan fingerprint density at radius 2 is 1.90 bits per heavy atom. The van der Waals surface area contributed by atoms with E-state index in [1.54, 1.807) is 43.3 Å². The molecule has 2 aromatic heterocycles. The number of halogens is 1. The number of carbonyl (C=O) groups is 2. The summed E-state index contributed by atoms with van der Waals surface area (Å²) in [5, 5.41) is 17.1. The molecule has 3 aromatic rings. The number of anilines is 2. The largest absolute Gasteiger partial charge is 0.384 e. The summed E-state index contributed by atoms with van der Waals surface area (Å²) in [6.45, 7) is 1.41. The third-order valence-corrected chi connectivity index (χ3v) is 5.67. The van der Waals surface area contributed by atoms with E-state index in [-0.39, 0.29) is 21.8 Å². The van der Waals surface area contributed by atoms with Crippen molar-refractivity contribution in [1.29, 1.82) is 0 Å². The van der Waals surface area contributed by atoms with Crippen molar-refractivity contribution in [2.45, 2.75) is 13.5 Å². The Balaban J connectivity index is 2.19. The standard InChI is InChI=1S/C20H18ClN5O4S/c1-2-23-19(27)16-14(10-26(29)30)31-18(11-7-8-24-15(22)9-11)17(16)20(28)25-13-5-3-12(21)4-6-13/h3-9H,2,10H2,1H3,(H2,22,24)(H,23,27)(H,25,28). The van der Waals surface area contributed by atoms with E-state index in [0.29, 0.717) is 27.7 Å². The normalized spacial score (nSPS) is 10.5. The second-order valence-corrected chi connectivity index (χ2v) is 7.93. The first-order chi connectivity index (χ1) is 14.8. The van der Waals surface area contributed by atoms with E-state index in [1.807, 2.05) is 0 Å². The molecule has 3 rings (SSSR count). The Morgan fingerprint density at radius 1 is 1.19 bits per heavy atom. The Bertz CT molecular complexity index is 1150. The number of nitrogens with one attached hydrogen (secondary N) is 2. The van der Waals surface area contributed by atoms with E-state index >= 15 is 0 Å². The zero-order valence-corrected chi connectivity index (χ0v) is 17.9. The average molecular weight is 460 g/mol.